The summed E-state index contributed by atoms with van der Waals surface area (Å²) in [5.41, 5.74) is 0.676. The van der Waals surface area contributed by atoms with Crippen LogP contribution in [0, 0.1) is 23.0 Å². The van der Waals surface area contributed by atoms with Gasteiger partial charge >= 0.3 is 11.6 Å². The average molecular weight is 437 g/mol. The Bertz CT molecular complexity index is 892. The largest absolute Gasteiger partial charge is 0.479 e. The van der Waals surface area contributed by atoms with E-state index in [9.17, 15) is 10.1 Å². The summed E-state index contributed by atoms with van der Waals surface area (Å²) in [6.07, 6.45) is 1.58. The Morgan fingerprint density at radius 1 is 1.27 bits per heavy atom. The van der Waals surface area contributed by atoms with Crippen molar-refractivity contribution in [1.82, 2.24) is 14.8 Å². The minimum absolute atomic E-state index is 0.0254. The molecular formula is C20H32N4O5Si. The standard InChI is InChI=1S/C20H32N4O5Si/c1-14(13-29-30(7,8)20(3,4)5)12-28-19-17(24(25)26)15(2)23(22-19)16-10-9-11-21-18(16)27-6/h9-11,14H,12-13H2,1-8H3. The van der Waals surface area contributed by atoms with Gasteiger partial charge in [0.15, 0.2) is 8.32 Å². The number of pyridine rings is 1. The van der Waals surface area contributed by atoms with Crippen LogP contribution in [0.15, 0.2) is 18.3 Å². The summed E-state index contributed by atoms with van der Waals surface area (Å²) >= 11 is 0. The van der Waals surface area contributed by atoms with Crippen molar-refractivity contribution in [3.05, 3.63) is 34.1 Å². The molecule has 0 aliphatic rings. The van der Waals surface area contributed by atoms with Crippen LogP contribution in [0.4, 0.5) is 5.69 Å². The Morgan fingerprint density at radius 3 is 2.50 bits per heavy atom. The molecule has 0 amide bonds. The fraction of sp³-hybridized carbons (Fsp3) is 0.600. The van der Waals surface area contributed by atoms with Gasteiger partial charge in [-0.2, -0.15) is 0 Å². The van der Waals surface area contributed by atoms with Gasteiger partial charge in [-0.15, -0.1) is 5.10 Å². The van der Waals surface area contributed by atoms with Crippen LogP contribution in [-0.4, -0.2) is 48.3 Å². The van der Waals surface area contributed by atoms with Gasteiger partial charge < -0.3 is 13.9 Å². The number of aromatic nitrogens is 3. The van der Waals surface area contributed by atoms with E-state index >= 15 is 0 Å². The monoisotopic (exact) mass is 436 g/mol. The minimum atomic E-state index is -1.87. The Morgan fingerprint density at radius 2 is 1.93 bits per heavy atom. The van der Waals surface area contributed by atoms with Crippen molar-refractivity contribution in [3.8, 4) is 17.4 Å². The molecule has 30 heavy (non-hydrogen) atoms. The molecule has 1 atom stereocenters. The maximum absolute atomic E-state index is 11.7. The van der Waals surface area contributed by atoms with E-state index in [2.05, 4.69) is 43.9 Å². The first-order chi connectivity index (χ1) is 13.9. The second kappa shape index (κ2) is 9.13. The molecule has 2 aromatic heterocycles. The van der Waals surface area contributed by atoms with E-state index in [-0.39, 0.29) is 29.1 Å². The average Bonchev–Trinajstić information content (AvgIpc) is 3.00. The molecule has 0 bridgehead atoms. The second-order valence-electron chi connectivity index (χ2n) is 8.93. The van der Waals surface area contributed by atoms with Gasteiger partial charge in [0, 0.05) is 18.7 Å². The van der Waals surface area contributed by atoms with Crippen LogP contribution in [0.1, 0.15) is 33.4 Å². The summed E-state index contributed by atoms with van der Waals surface area (Å²) in [5, 5.41) is 16.1. The predicted octanol–water partition coefficient (Wildman–Crippen LogP) is 4.53. The normalized spacial score (nSPS) is 13.2. The Labute approximate surface area is 178 Å². The number of hydrogen-bond acceptors (Lipinski definition) is 7. The maximum atomic E-state index is 11.7. The van der Waals surface area contributed by atoms with E-state index in [0.717, 1.165) is 0 Å². The lowest BCUT2D eigenvalue weighted by Gasteiger charge is -2.36. The molecule has 0 aliphatic heterocycles. The zero-order valence-corrected chi connectivity index (χ0v) is 20.1. The molecular weight excluding hydrogens is 404 g/mol. The predicted molar refractivity (Wildman–Crippen MR) is 117 cm³/mol. The van der Waals surface area contributed by atoms with Crippen molar-refractivity contribution >= 4 is 14.0 Å². The smallest absolute Gasteiger partial charge is 0.353 e. The number of nitrogens with zero attached hydrogens (tertiary/aromatic N) is 4. The molecule has 10 heteroatoms. The van der Waals surface area contributed by atoms with E-state index < -0.39 is 13.2 Å². The zero-order valence-electron chi connectivity index (χ0n) is 19.1. The van der Waals surface area contributed by atoms with Crippen LogP contribution in [0.25, 0.3) is 5.69 Å². The third-order valence-corrected chi connectivity index (χ3v) is 9.95. The summed E-state index contributed by atoms with van der Waals surface area (Å²) < 4.78 is 18.7. The van der Waals surface area contributed by atoms with E-state index in [1.807, 2.05) is 6.92 Å². The Hall–Kier alpha value is -2.46. The van der Waals surface area contributed by atoms with Crippen molar-refractivity contribution in [2.75, 3.05) is 20.3 Å². The summed E-state index contributed by atoms with van der Waals surface area (Å²) in [6.45, 7) is 15.3. The van der Waals surface area contributed by atoms with Gasteiger partial charge in [0.25, 0.3) is 0 Å². The van der Waals surface area contributed by atoms with Crippen molar-refractivity contribution in [3.63, 3.8) is 0 Å². The lowest BCUT2D eigenvalue weighted by Crippen LogP contribution is -2.42. The number of nitro groups is 1. The molecule has 2 heterocycles. The maximum Gasteiger partial charge on any atom is 0.353 e. The van der Waals surface area contributed by atoms with Gasteiger partial charge in [-0.1, -0.05) is 27.7 Å². The highest BCUT2D eigenvalue weighted by Gasteiger charge is 2.37. The van der Waals surface area contributed by atoms with Gasteiger partial charge in [-0.05, 0) is 37.2 Å². The van der Waals surface area contributed by atoms with E-state index in [0.29, 0.717) is 23.9 Å². The second-order valence-corrected chi connectivity index (χ2v) is 13.7. The number of hydrogen-bond donors (Lipinski definition) is 0. The van der Waals surface area contributed by atoms with Crippen LogP contribution in [0.2, 0.25) is 18.1 Å². The molecule has 0 N–H and O–H groups in total. The SMILES string of the molecule is COc1ncccc1-n1nc(OCC(C)CO[Si](C)(C)C(C)(C)C)c([N+](=O)[O-])c1C. The molecule has 0 aromatic carbocycles. The Kier molecular flexibility index (Phi) is 7.25. The molecule has 0 saturated carbocycles. The molecule has 0 radical (unpaired) electrons. The summed E-state index contributed by atoms with van der Waals surface area (Å²) in [4.78, 5) is 15.3. The highest BCUT2D eigenvalue weighted by Crippen LogP contribution is 2.37. The van der Waals surface area contributed by atoms with Crippen LogP contribution in [-0.2, 0) is 4.43 Å². The molecule has 0 spiro atoms. The third kappa shape index (κ3) is 5.17. The van der Waals surface area contributed by atoms with Gasteiger partial charge in [0.2, 0.25) is 5.88 Å². The summed E-state index contributed by atoms with van der Waals surface area (Å²) in [5.74, 6) is 0.348. The van der Waals surface area contributed by atoms with Crippen LogP contribution >= 0.6 is 0 Å². The molecule has 0 saturated heterocycles. The molecule has 2 aromatic rings. The first-order valence-electron chi connectivity index (χ1n) is 9.89. The first kappa shape index (κ1) is 23.8. The summed E-state index contributed by atoms with van der Waals surface area (Å²) in [6, 6.07) is 3.45. The number of rotatable bonds is 9. The number of methoxy groups -OCH3 is 1. The molecule has 2 rings (SSSR count). The summed E-state index contributed by atoms with van der Waals surface area (Å²) in [7, 11) is -0.382. The fourth-order valence-corrected chi connectivity index (χ4v) is 3.68. The zero-order chi connectivity index (χ0) is 22.7. The third-order valence-electron chi connectivity index (χ3n) is 5.45. The van der Waals surface area contributed by atoms with E-state index in [1.54, 1.807) is 25.3 Å². The van der Waals surface area contributed by atoms with Gasteiger partial charge in [0.05, 0.1) is 18.6 Å². The topological polar surface area (TPSA) is 102 Å². The quantitative estimate of drug-likeness (QED) is 0.323. The molecule has 0 aliphatic carbocycles. The molecule has 1 unspecified atom stereocenters. The van der Waals surface area contributed by atoms with Crippen LogP contribution < -0.4 is 9.47 Å². The molecule has 0 fully saturated rings. The molecule has 9 nitrogen and oxygen atoms in total. The highest BCUT2D eigenvalue weighted by atomic mass is 28.4. The van der Waals surface area contributed by atoms with Crippen molar-refractivity contribution in [2.45, 2.75) is 52.8 Å². The van der Waals surface area contributed by atoms with Crippen molar-refractivity contribution in [1.29, 1.82) is 0 Å². The highest BCUT2D eigenvalue weighted by molar-refractivity contribution is 6.74. The van der Waals surface area contributed by atoms with Crippen LogP contribution in [0.5, 0.6) is 11.8 Å². The van der Waals surface area contributed by atoms with Gasteiger partial charge in [-0.25, -0.2) is 9.67 Å². The fourth-order valence-electron chi connectivity index (χ4n) is 2.55. The van der Waals surface area contributed by atoms with Gasteiger partial charge in [-0.3, -0.25) is 10.1 Å². The van der Waals surface area contributed by atoms with Gasteiger partial charge in [0.1, 0.15) is 11.4 Å². The first-order valence-corrected chi connectivity index (χ1v) is 12.8. The Balaban J connectivity index is 2.19. The van der Waals surface area contributed by atoms with Crippen molar-refractivity contribution < 1.29 is 18.8 Å². The lowest BCUT2D eigenvalue weighted by molar-refractivity contribution is -0.386. The molecule has 166 valence electrons. The van der Waals surface area contributed by atoms with E-state index in [4.69, 9.17) is 13.9 Å². The van der Waals surface area contributed by atoms with E-state index in [1.165, 1.54) is 11.8 Å². The van der Waals surface area contributed by atoms with Crippen molar-refractivity contribution in [2.24, 2.45) is 5.92 Å². The minimum Gasteiger partial charge on any atom is -0.479 e. The lowest BCUT2D eigenvalue weighted by atomic mass is 10.2. The van der Waals surface area contributed by atoms with Crippen LogP contribution in [0.3, 0.4) is 0 Å². The number of ether oxygens (including phenoxy) is 2.